The van der Waals surface area contributed by atoms with Crippen molar-refractivity contribution in [3.63, 3.8) is 0 Å². The van der Waals surface area contributed by atoms with Crippen LogP contribution in [0.5, 0.6) is 0 Å². The van der Waals surface area contributed by atoms with Gasteiger partial charge in [-0.2, -0.15) is 4.31 Å². The number of allylic oxidation sites excluding steroid dienone is 1. The molecule has 0 radical (unpaired) electrons. The normalized spacial score (nSPS) is 14.4. The fourth-order valence-electron chi connectivity index (χ4n) is 3.49. The van der Waals surface area contributed by atoms with Crippen LogP contribution in [0, 0.1) is 16.0 Å². The van der Waals surface area contributed by atoms with Gasteiger partial charge < -0.3 is 0 Å². The first-order valence-electron chi connectivity index (χ1n) is 9.47. The molecule has 2 aromatic carbocycles. The molecule has 1 aliphatic carbocycles. The van der Waals surface area contributed by atoms with Crippen LogP contribution in [0.4, 0.5) is 5.69 Å². The van der Waals surface area contributed by atoms with Crippen LogP contribution >= 0.6 is 0 Å². The average molecular weight is 413 g/mol. The Morgan fingerprint density at radius 1 is 1.17 bits per heavy atom. The Labute approximate surface area is 171 Å². The zero-order valence-electron chi connectivity index (χ0n) is 16.2. The smallest absolute Gasteiger partial charge is 0.258 e. The van der Waals surface area contributed by atoms with E-state index in [2.05, 4.69) is 13.2 Å². The van der Waals surface area contributed by atoms with Crippen molar-refractivity contribution < 1.29 is 13.3 Å². The van der Waals surface area contributed by atoms with Crippen LogP contribution in [0.1, 0.15) is 30.4 Å². The van der Waals surface area contributed by atoms with Gasteiger partial charge in [0.2, 0.25) is 10.0 Å². The molecular formula is C22H24N2O4S. The van der Waals surface area contributed by atoms with E-state index in [0.29, 0.717) is 5.92 Å². The standard InChI is InChI=1S/C22H24N2O4S/c1-3-15-23(29(27,28)22-14-7-6-13-21(22)24(25)26)16-19-9-4-5-12-20(19)17(2)18-10-8-11-18/h3-7,9,12-14,18H,1-2,8,10-11,15-16H2. The van der Waals surface area contributed by atoms with Gasteiger partial charge in [0, 0.05) is 19.2 Å². The van der Waals surface area contributed by atoms with E-state index < -0.39 is 20.6 Å². The van der Waals surface area contributed by atoms with Gasteiger partial charge in [-0.3, -0.25) is 10.1 Å². The highest BCUT2D eigenvalue weighted by atomic mass is 32.2. The Bertz CT molecular complexity index is 1040. The molecule has 0 aliphatic heterocycles. The van der Waals surface area contributed by atoms with Crippen molar-refractivity contribution in [1.29, 1.82) is 0 Å². The number of benzene rings is 2. The van der Waals surface area contributed by atoms with Gasteiger partial charge in [0.1, 0.15) is 0 Å². The van der Waals surface area contributed by atoms with Crippen LogP contribution in [-0.2, 0) is 16.6 Å². The van der Waals surface area contributed by atoms with E-state index in [9.17, 15) is 18.5 Å². The van der Waals surface area contributed by atoms with Crippen molar-refractivity contribution in [2.75, 3.05) is 6.54 Å². The summed E-state index contributed by atoms with van der Waals surface area (Å²) in [6.45, 7) is 8.02. The second-order valence-corrected chi connectivity index (χ2v) is 9.03. The van der Waals surface area contributed by atoms with Gasteiger partial charge in [0.25, 0.3) is 5.69 Å². The van der Waals surface area contributed by atoms with E-state index in [1.54, 1.807) is 0 Å². The molecule has 152 valence electrons. The molecule has 0 bridgehead atoms. The van der Waals surface area contributed by atoms with Crippen LogP contribution in [-0.4, -0.2) is 24.2 Å². The number of nitro groups is 1. The topological polar surface area (TPSA) is 80.5 Å². The number of nitro benzene ring substituents is 1. The highest BCUT2D eigenvalue weighted by Crippen LogP contribution is 2.39. The molecule has 0 amide bonds. The van der Waals surface area contributed by atoms with Crippen LogP contribution in [0.15, 0.2) is 72.7 Å². The van der Waals surface area contributed by atoms with E-state index >= 15 is 0 Å². The van der Waals surface area contributed by atoms with E-state index in [0.717, 1.165) is 29.5 Å². The fourth-order valence-corrected chi connectivity index (χ4v) is 5.04. The number of hydrogen-bond donors (Lipinski definition) is 0. The number of rotatable bonds is 9. The van der Waals surface area contributed by atoms with Crippen LogP contribution in [0.2, 0.25) is 0 Å². The maximum absolute atomic E-state index is 13.3. The third-order valence-corrected chi connectivity index (χ3v) is 7.18. The summed E-state index contributed by atoms with van der Waals surface area (Å²) in [4.78, 5) is 10.4. The maximum Gasteiger partial charge on any atom is 0.289 e. The van der Waals surface area contributed by atoms with Gasteiger partial charge in [-0.15, -0.1) is 6.58 Å². The predicted octanol–water partition coefficient (Wildman–Crippen LogP) is 4.79. The molecule has 0 heterocycles. The second kappa shape index (κ2) is 8.71. The summed E-state index contributed by atoms with van der Waals surface area (Å²) in [6, 6.07) is 13.0. The van der Waals surface area contributed by atoms with Gasteiger partial charge in [0.05, 0.1) is 4.92 Å². The molecule has 1 saturated carbocycles. The second-order valence-electron chi connectivity index (χ2n) is 7.12. The fraction of sp³-hybridized carbons (Fsp3) is 0.273. The van der Waals surface area contributed by atoms with Crippen molar-refractivity contribution in [1.82, 2.24) is 4.31 Å². The Morgan fingerprint density at radius 2 is 1.83 bits per heavy atom. The summed E-state index contributed by atoms with van der Waals surface area (Å²) < 4.78 is 27.8. The third kappa shape index (κ3) is 4.31. The summed E-state index contributed by atoms with van der Waals surface area (Å²) >= 11 is 0. The van der Waals surface area contributed by atoms with Crippen LogP contribution in [0.3, 0.4) is 0 Å². The molecule has 2 aromatic rings. The van der Waals surface area contributed by atoms with Crippen molar-refractivity contribution in [2.24, 2.45) is 5.92 Å². The Balaban J connectivity index is 1.99. The van der Waals surface area contributed by atoms with Gasteiger partial charge in [-0.25, -0.2) is 8.42 Å². The largest absolute Gasteiger partial charge is 0.289 e. The third-order valence-electron chi connectivity index (χ3n) is 5.32. The van der Waals surface area contributed by atoms with E-state index in [-0.39, 0.29) is 18.0 Å². The van der Waals surface area contributed by atoms with E-state index in [1.165, 1.54) is 41.1 Å². The predicted molar refractivity (Wildman–Crippen MR) is 114 cm³/mol. The number of hydrogen-bond acceptors (Lipinski definition) is 4. The summed E-state index contributed by atoms with van der Waals surface area (Å²) in [5, 5.41) is 11.4. The molecule has 6 nitrogen and oxygen atoms in total. The van der Waals surface area contributed by atoms with Gasteiger partial charge >= 0.3 is 0 Å². The molecule has 7 heteroatoms. The molecule has 0 saturated heterocycles. The first-order chi connectivity index (χ1) is 13.9. The maximum atomic E-state index is 13.3. The summed E-state index contributed by atoms with van der Waals surface area (Å²) in [5.74, 6) is 0.427. The first-order valence-corrected chi connectivity index (χ1v) is 10.9. The van der Waals surface area contributed by atoms with Crippen LogP contribution in [0.25, 0.3) is 5.57 Å². The molecule has 0 N–H and O–H groups in total. The molecule has 0 aromatic heterocycles. The monoisotopic (exact) mass is 412 g/mol. The summed E-state index contributed by atoms with van der Waals surface area (Å²) in [7, 11) is -4.10. The number of nitrogens with zero attached hydrogens (tertiary/aromatic N) is 2. The molecule has 0 unspecified atom stereocenters. The number of sulfonamides is 1. The van der Waals surface area contributed by atoms with Gasteiger partial charge in [-0.05, 0) is 41.5 Å². The van der Waals surface area contributed by atoms with Crippen molar-refractivity contribution in [2.45, 2.75) is 30.7 Å². The Hall–Kier alpha value is -2.77. The molecule has 29 heavy (non-hydrogen) atoms. The first kappa shape index (κ1) is 21.0. The lowest BCUT2D eigenvalue weighted by molar-refractivity contribution is -0.387. The highest BCUT2D eigenvalue weighted by molar-refractivity contribution is 7.89. The summed E-state index contributed by atoms with van der Waals surface area (Å²) in [6.07, 6.45) is 4.85. The van der Waals surface area contributed by atoms with E-state index in [4.69, 9.17) is 0 Å². The quantitative estimate of drug-likeness (QED) is 0.337. The SMILES string of the molecule is C=CCN(Cc1ccccc1C(=C)C1CCC1)S(=O)(=O)c1ccccc1[N+](=O)[O-]. The molecular weight excluding hydrogens is 388 g/mol. The summed E-state index contributed by atoms with van der Waals surface area (Å²) in [5.41, 5.74) is 2.36. The van der Waals surface area contributed by atoms with Gasteiger partial charge in [0.15, 0.2) is 4.90 Å². The lowest BCUT2D eigenvalue weighted by Gasteiger charge is -2.29. The van der Waals surface area contributed by atoms with Crippen molar-refractivity contribution in [3.8, 4) is 0 Å². The van der Waals surface area contributed by atoms with Crippen LogP contribution < -0.4 is 0 Å². The van der Waals surface area contributed by atoms with Gasteiger partial charge in [-0.1, -0.05) is 55.5 Å². The highest BCUT2D eigenvalue weighted by Gasteiger charge is 2.31. The lowest BCUT2D eigenvalue weighted by Crippen LogP contribution is -2.31. The molecule has 1 fully saturated rings. The molecule has 0 atom stereocenters. The number of para-hydroxylation sites is 1. The minimum absolute atomic E-state index is 0.0403. The Morgan fingerprint density at radius 3 is 2.45 bits per heavy atom. The Kier molecular flexibility index (Phi) is 6.30. The average Bonchev–Trinajstić information content (AvgIpc) is 2.66. The minimum atomic E-state index is -4.10. The lowest BCUT2D eigenvalue weighted by atomic mass is 9.77. The van der Waals surface area contributed by atoms with Crippen molar-refractivity contribution >= 4 is 21.3 Å². The molecule has 3 rings (SSSR count). The zero-order valence-corrected chi connectivity index (χ0v) is 17.0. The van der Waals surface area contributed by atoms with E-state index in [1.807, 2.05) is 24.3 Å². The minimum Gasteiger partial charge on any atom is -0.258 e. The zero-order chi connectivity index (χ0) is 21.0. The molecule has 1 aliphatic rings. The van der Waals surface area contributed by atoms with Crippen molar-refractivity contribution in [3.05, 3.63) is 89.0 Å². The molecule has 0 spiro atoms.